The molecular formula is C13H14NOS+. The molecule has 0 saturated carbocycles. The first-order valence-electron chi connectivity index (χ1n) is 5.21. The van der Waals surface area contributed by atoms with Crippen LogP contribution in [0.5, 0.6) is 0 Å². The Labute approximate surface area is 99.2 Å². The summed E-state index contributed by atoms with van der Waals surface area (Å²) in [6.45, 7) is 4.55. The molecule has 2 rings (SSSR count). The number of aromatic nitrogens is 1. The largest absolute Gasteiger partial charge is 0.287 e. The van der Waals surface area contributed by atoms with Crippen molar-refractivity contribution in [3.05, 3.63) is 52.0 Å². The molecule has 16 heavy (non-hydrogen) atoms. The number of hydrogen-bond donors (Lipinski definition) is 0. The van der Waals surface area contributed by atoms with E-state index in [2.05, 4.69) is 6.92 Å². The lowest BCUT2D eigenvalue weighted by molar-refractivity contribution is -0.684. The van der Waals surface area contributed by atoms with Crippen molar-refractivity contribution < 1.29 is 9.36 Å². The topological polar surface area (TPSA) is 20.9 Å². The van der Waals surface area contributed by atoms with E-state index in [1.807, 2.05) is 47.3 Å². The molecule has 0 aliphatic heterocycles. The van der Waals surface area contributed by atoms with Gasteiger partial charge in [-0.05, 0) is 6.92 Å². The quantitative estimate of drug-likeness (QED) is 0.588. The molecule has 0 aliphatic carbocycles. The Morgan fingerprint density at radius 1 is 1.25 bits per heavy atom. The van der Waals surface area contributed by atoms with E-state index in [9.17, 15) is 4.79 Å². The fourth-order valence-electron chi connectivity index (χ4n) is 1.54. The molecule has 0 N–H and O–H groups in total. The van der Waals surface area contributed by atoms with Crippen LogP contribution in [0.3, 0.4) is 0 Å². The van der Waals surface area contributed by atoms with Crippen molar-refractivity contribution in [2.24, 2.45) is 0 Å². The summed E-state index contributed by atoms with van der Waals surface area (Å²) in [5.74, 6) is 0.159. The van der Waals surface area contributed by atoms with E-state index in [0.717, 1.165) is 5.56 Å². The van der Waals surface area contributed by atoms with Crippen LogP contribution < -0.4 is 4.57 Å². The summed E-state index contributed by atoms with van der Waals surface area (Å²) in [4.78, 5) is 13.2. The highest BCUT2D eigenvalue weighted by atomic mass is 32.1. The maximum atomic E-state index is 12.0. The Hall–Kier alpha value is -1.48. The standard InChI is InChI=1S/C13H14NOS/c1-10-11(2)16-9-14(10)8-13(15)12-6-4-3-5-7-12/h3-7,9H,8H2,1-2H3/q+1. The van der Waals surface area contributed by atoms with Crippen LogP contribution in [0.4, 0.5) is 0 Å². The minimum Gasteiger partial charge on any atom is -0.287 e. The van der Waals surface area contributed by atoms with Crippen molar-refractivity contribution in [3.63, 3.8) is 0 Å². The molecule has 2 nitrogen and oxygen atoms in total. The number of rotatable bonds is 3. The van der Waals surface area contributed by atoms with Gasteiger partial charge >= 0.3 is 0 Å². The molecule has 0 spiro atoms. The van der Waals surface area contributed by atoms with Crippen LogP contribution in [0, 0.1) is 13.8 Å². The molecule has 0 amide bonds. The van der Waals surface area contributed by atoms with E-state index >= 15 is 0 Å². The van der Waals surface area contributed by atoms with Gasteiger partial charge in [-0.2, -0.15) is 4.57 Å². The molecule has 82 valence electrons. The monoisotopic (exact) mass is 232 g/mol. The summed E-state index contributed by atoms with van der Waals surface area (Å²) < 4.78 is 2.01. The Morgan fingerprint density at radius 2 is 1.94 bits per heavy atom. The second-order valence-electron chi connectivity index (χ2n) is 3.78. The molecule has 0 radical (unpaired) electrons. The van der Waals surface area contributed by atoms with Gasteiger partial charge in [0.15, 0.2) is 5.69 Å². The average Bonchev–Trinajstić information content (AvgIpc) is 2.62. The van der Waals surface area contributed by atoms with Gasteiger partial charge in [0.05, 0.1) is 4.88 Å². The molecule has 0 atom stereocenters. The van der Waals surface area contributed by atoms with Crippen molar-refractivity contribution in [1.82, 2.24) is 0 Å². The maximum Gasteiger partial charge on any atom is 0.227 e. The number of carbonyl (C=O) groups is 1. The molecule has 0 fully saturated rings. The van der Waals surface area contributed by atoms with Gasteiger partial charge in [-0.15, -0.1) is 0 Å². The molecule has 0 unspecified atom stereocenters. The number of ketones is 1. The van der Waals surface area contributed by atoms with Gasteiger partial charge in [0, 0.05) is 12.5 Å². The average molecular weight is 232 g/mol. The molecule has 0 aliphatic rings. The zero-order valence-electron chi connectivity index (χ0n) is 9.43. The molecule has 3 heteroatoms. The number of Topliss-reactive ketones (excluding diaryl/α,β-unsaturated/α-hetero) is 1. The van der Waals surface area contributed by atoms with E-state index in [-0.39, 0.29) is 5.78 Å². The molecule has 1 aromatic heterocycles. The highest BCUT2D eigenvalue weighted by Crippen LogP contribution is 2.08. The fourth-order valence-corrected chi connectivity index (χ4v) is 2.34. The number of nitrogens with zero attached hydrogens (tertiary/aromatic N) is 1. The van der Waals surface area contributed by atoms with E-state index in [0.29, 0.717) is 6.54 Å². The van der Waals surface area contributed by atoms with Gasteiger partial charge in [-0.25, -0.2) is 0 Å². The third kappa shape index (κ3) is 2.19. The molecule has 0 bridgehead atoms. The predicted octanol–water partition coefficient (Wildman–Crippen LogP) is 2.54. The Balaban J connectivity index is 2.17. The van der Waals surface area contributed by atoms with Gasteiger partial charge < -0.3 is 0 Å². The second kappa shape index (κ2) is 4.58. The normalized spacial score (nSPS) is 10.4. The molecule has 0 saturated heterocycles. The predicted molar refractivity (Wildman–Crippen MR) is 64.8 cm³/mol. The third-order valence-electron chi connectivity index (χ3n) is 2.71. The first kappa shape index (κ1) is 11.0. The summed E-state index contributed by atoms with van der Waals surface area (Å²) in [5, 5.41) is 0. The highest BCUT2D eigenvalue weighted by molar-refractivity contribution is 7.09. The number of carbonyl (C=O) groups excluding carboxylic acids is 1. The Morgan fingerprint density at radius 3 is 2.50 bits per heavy atom. The summed E-state index contributed by atoms with van der Waals surface area (Å²) in [6.07, 6.45) is 0. The smallest absolute Gasteiger partial charge is 0.227 e. The third-order valence-corrected chi connectivity index (χ3v) is 3.72. The number of thiazole rings is 1. The van der Waals surface area contributed by atoms with E-state index in [4.69, 9.17) is 0 Å². The van der Waals surface area contributed by atoms with Crippen LogP contribution in [-0.4, -0.2) is 5.78 Å². The minimum atomic E-state index is 0.159. The van der Waals surface area contributed by atoms with Gasteiger partial charge in [0.25, 0.3) is 0 Å². The van der Waals surface area contributed by atoms with Crippen LogP contribution in [-0.2, 0) is 6.54 Å². The van der Waals surface area contributed by atoms with Crippen molar-refractivity contribution in [1.29, 1.82) is 0 Å². The summed E-state index contributed by atoms with van der Waals surface area (Å²) in [5.41, 5.74) is 3.96. The van der Waals surface area contributed by atoms with Crippen LogP contribution in [0.1, 0.15) is 20.9 Å². The lowest BCUT2D eigenvalue weighted by Gasteiger charge is -1.97. The van der Waals surface area contributed by atoms with Crippen molar-refractivity contribution in [2.75, 3.05) is 0 Å². The van der Waals surface area contributed by atoms with E-state index in [1.54, 1.807) is 11.3 Å². The molecule has 2 aromatic rings. The van der Waals surface area contributed by atoms with Crippen molar-refractivity contribution >= 4 is 17.1 Å². The fraction of sp³-hybridized carbons (Fsp3) is 0.231. The lowest BCUT2D eigenvalue weighted by Crippen LogP contribution is -2.38. The molecule has 1 heterocycles. The summed E-state index contributed by atoms with van der Waals surface area (Å²) >= 11 is 1.68. The van der Waals surface area contributed by atoms with Crippen LogP contribution in [0.15, 0.2) is 35.8 Å². The van der Waals surface area contributed by atoms with Crippen LogP contribution in [0.2, 0.25) is 0 Å². The zero-order valence-corrected chi connectivity index (χ0v) is 10.3. The number of aryl methyl sites for hydroxylation is 1. The minimum absolute atomic E-state index is 0.159. The van der Waals surface area contributed by atoms with Crippen LogP contribution >= 0.6 is 11.3 Å². The van der Waals surface area contributed by atoms with E-state index < -0.39 is 0 Å². The van der Waals surface area contributed by atoms with Crippen LogP contribution in [0.25, 0.3) is 0 Å². The van der Waals surface area contributed by atoms with Crippen molar-refractivity contribution in [3.8, 4) is 0 Å². The second-order valence-corrected chi connectivity index (χ2v) is 4.84. The highest BCUT2D eigenvalue weighted by Gasteiger charge is 2.16. The Bertz CT molecular complexity index is 502. The lowest BCUT2D eigenvalue weighted by atomic mass is 10.1. The zero-order chi connectivity index (χ0) is 11.5. The maximum absolute atomic E-state index is 12.0. The first-order chi connectivity index (χ1) is 7.68. The molecular weight excluding hydrogens is 218 g/mol. The van der Waals surface area contributed by atoms with Gasteiger partial charge in [0.1, 0.15) is 0 Å². The number of hydrogen-bond acceptors (Lipinski definition) is 2. The van der Waals surface area contributed by atoms with Gasteiger partial charge in [-0.1, -0.05) is 41.7 Å². The van der Waals surface area contributed by atoms with E-state index in [1.165, 1.54) is 10.6 Å². The summed E-state index contributed by atoms with van der Waals surface area (Å²) in [7, 11) is 0. The number of benzene rings is 1. The van der Waals surface area contributed by atoms with Gasteiger partial charge in [0.2, 0.25) is 17.8 Å². The Kier molecular flexibility index (Phi) is 3.15. The first-order valence-corrected chi connectivity index (χ1v) is 6.09. The summed E-state index contributed by atoms with van der Waals surface area (Å²) in [6, 6.07) is 9.42. The molecule has 1 aromatic carbocycles. The van der Waals surface area contributed by atoms with Crippen molar-refractivity contribution in [2.45, 2.75) is 20.4 Å². The van der Waals surface area contributed by atoms with Gasteiger partial charge in [-0.3, -0.25) is 4.79 Å². The SMILES string of the molecule is Cc1sc[n+](CC(=O)c2ccccc2)c1C.